The number of H-pyrrole nitrogens is 1. The van der Waals surface area contributed by atoms with Crippen LogP contribution in [0.1, 0.15) is 17.9 Å². The number of amides is 1. The van der Waals surface area contributed by atoms with Crippen LogP contribution in [0, 0.1) is 6.92 Å². The van der Waals surface area contributed by atoms with Crippen LogP contribution < -0.4 is 10.9 Å². The standard InChI is InChI=1S/C16H19N3O4S/c1-12-11-16(21)19-14(18-12)7-9-17-15(20)8-10-24(22,23)13-5-3-2-4-6-13/h2-6,11H,7-10H2,1H3,(H,17,20)(H,18,19,21). The first-order chi connectivity index (χ1) is 11.4. The van der Waals surface area contributed by atoms with Crippen molar-refractivity contribution in [1.82, 2.24) is 15.3 Å². The molecule has 1 aromatic heterocycles. The van der Waals surface area contributed by atoms with Crippen molar-refractivity contribution >= 4 is 15.7 Å². The van der Waals surface area contributed by atoms with Crippen LogP contribution in [0.5, 0.6) is 0 Å². The van der Waals surface area contributed by atoms with E-state index in [2.05, 4.69) is 15.3 Å². The number of hydrogen-bond acceptors (Lipinski definition) is 5. The largest absolute Gasteiger partial charge is 0.356 e. The number of aryl methyl sites for hydroxylation is 1. The van der Waals surface area contributed by atoms with Gasteiger partial charge in [0, 0.05) is 31.1 Å². The van der Waals surface area contributed by atoms with Crippen LogP contribution in [0.4, 0.5) is 0 Å². The van der Waals surface area contributed by atoms with E-state index in [0.29, 0.717) is 17.9 Å². The van der Waals surface area contributed by atoms with E-state index < -0.39 is 9.84 Å². The zero-order valence-corrected chi connectivity index (χ0v) is 14.1. The van der Waals surface area contributed by atoms with Gasteiger partial charge >= 0.3 is 0 Å². The van der Waals surface area contributed by atoms with Gasteiger partial charge in [-0.15, -0.1) is 0 Å². The molecule has 1 heterocycles. The molecular formula is C16H19N3O4S. The summed E-state index contributed by atoms with van der Waals surface area (Å²) in [5.41, 5.74) is 0.367. The minimum atomic E-state index is -3.46. The van der Waals surface area contributed by atoms with E-state index in [-0.39, 0.29) is 35.1 Å². The molecule has 128 valence electrons. The molecule has 8 heteroatoms. The monoisotopic (exact) mass is 349 g/mol. The van der Waals surface area contributed by atoms with Gasteiger partial charge in [0.15, 0.2) is 9.84 Å². The third-order valence-electron chi connectivity index (χ3n) is 3.30. The number of carbonyl (C=O) groups is 1. The van der Waals surface area contributed by atoms with Crippen LogP contribution in [-0.4, -0.2) is 36.6 Å². The third-order valence-corrected chi connectivity index (χ3v) is 5.03. The zero-order valence-electron chi connectivity index (χ0n) is 13.3. The molecule has 0 aliphatic heterocycles. The highest BCUT2D eigenvalue weighted by molar-refractivity contribution is 7.91. The molecule has 0 saturated carbocycles. The molecule has 2 aromatic rings. The fourth-order valence-electron chi connectivity index (χ4n) is 2.14. The van der Waals surface area contributed by atoms with Crippen LogP contribution in [0.3, 0.4) is 0 Å². The first-order valence-corrected chi connectivity index (χ1v) is 9.13. The minimum absolute atomic E-state index is 0.116. The topological polar surface area (TPSA) is 109 Å². The van der Waals surface area contributed by atoms with Gasteiger partial charge in [0.2, 0.25) is 5.91 Å². The number of hydrogen-bond donors (Lipinski definition) is 2. The summed E-state index contributed by atoms with van der Waals surface area (Å²) in [6, 6.07) is 9.41. The van der Waals surface area contributed by atoms with Gasteiger partial charge in [0.1, 0.15) is 5.82 Å². The van der Waals surface area contributed by atoms with Crippen molar-refractivity contribution in [2.24, 2.45) is 0 Å². The second kappa shape index (κ2) is 7.87. The lowest BCUT2D eigenvalue weighted by Crippen LogP contribution is -2.28. The van der Waals surface area contributed by atoms with Crippen molar-refractivity contribution in [2.75, 3.05) is 12.3 Å². The van der Waals surface area contributed by atoms with Gasteiger partial charge in [-0.3, -0.25) is 9.59 Å². The molecule has 0 unspecified atom stereocenters. The maximum atomic E-state index is 12.1. The molecule has 2 rings (SSSR count). The van der Waals surface area contributed by atoms with Crippen molar-refractivity contribution < 1.29 is 13.2 Å². The Hall–Kier alpha value is -2.48. The van der Waals surface area contributed by atoms with Crippen molar-refractivity contribution in [3.05, 3.63) is 58.3 Å². The third kappa shape index (κ3) is 5.31. The van der Waals surface area contributed by atoms with Gasteiger partial charge in [-0.05, 0) is 19.1 Å². The number of aromatic amines is 1. The van der Waals surface area contributed by atoms with Crippen molar-refractivity contribution in [3.63, 3.8) is 0 Å². The molecule has 0 fully saturated rings. The molecule has 0 saturated heterocycles. The van der Waals surface area contributed by atoms with Gasteiger partial charge in [-0.2, -0.15) is 0 Å². The van der Waals surface area contributed by atoms with Crippen LogP contribution in [0.15, 0.2) is 46.1 Å². The second-order valence-electron chi connectivity index (χ2n) is 5.32. The van der Waals surface area contributed by atoms with Gasteiger partial charge in [0.05, 0.1) is 10.6 Å². The zero-order chi connectivity index (χ0) is 17.6. The number of nitrogens with one attached hydrogen (secondary N) is 2. The summed E-state index contributed by atoms with van der Waals surface area (Å²) in [5.74, 6) is -0.121. The van der Waals surface area contributed by atoms with Gasteiger partial charge in [-0.25, -0.2) is 13.4 Å². The lowest BCUT2D eigenvalue weighted by Gasteiger charge is -2.06. The number of nitrogens with zero attached hydrogens (tertiary/aromatic N) is 1. The van der Waals surface area contributed by atoms with Gasteiger partial charge in [-0.1, -0.05) is 18.2 Å². The summed E-state index contributed by atoms with van der Waals surface area (Å²) >= 11 is 0. The Balaban J connectivity index is 1.80. The van der Waals surface area contributed by atoms with E-state index in [4.69, 9.17) is 0 Å². The molecular weight excluding hydrogens is 330 g/mol. The summed E-state index contributed by atoms with van der Waals surface area (Å²) in [6.45, 7) is 1.99. The fourth-order valence-corrected chi connectivity index (χ4v) is 3.40. The van der Waals surface area contributed by atoms with E-state index in [0.717, 1.165) is 0 Å². The van der Waals surface area contributed by atoms with E-state index in [1.807, 2.05) is 0 Å². The molecule has 0 radical (unpaired) electrons. The average Bonchev–Trinajstić information content (AvgIpc) is 2.53. The van der Waals surface area contributed by atoms with E-state index in [1.165, 1.54) is 18.2 Å². The molecule has 7 nitrogen and oxygen atoms in total. The highest BCUT2D eigenvalue weighted by Crippen LogP contribution is 2.10. The molecule has 24 heavy (non-hydrogen) atoms. The Kier molecular flexibility index (Phi) is 5.86. The number of carbonyl (C=O) groups excluding carboxylic acids is 1. The molecule has 0 spiro atoms. The number of aromatic nitrogens is 2. The molecule has 0 aliphatic carbocycles. The molecule has 1 amide bonds. The first-order valence-electron chi connectivity index (χ1n) is 7.48. The molecule has 2 N–H and O–H groups in total. The Morgan fingerprint density at radius 3 is 2.62 bits per heavy atom. The Bertz CT molecular complexity index is 860. The van der Waals surface area contributed by atoms with E-state index in [1.54, 1.807) is 25.1 Å². The Morgan fingerprint density at radius 1 is 1.25 bits per heavy atom. The Labute approximate surface area is 140 Å². The van der Waals surface area contributed by atoms with E-state index in [9.17, 15) is 18.0 Å². The lowest BCUT2D eigenvalue weighted by atomic mass is 10.3. The predicted octanol–water partition coefficient (Wildman–Crippen LogP) is 0.601. The van der Waals surface area contributed by atoms with E-state index >= 15 is 0 Å². The molecule has 0 atom stereocenters. The van der Waals surface area contributed by atoms with Crippen LogP contribution in [-0.2, 0) is 21.1 Å². The first kappa shape index (κ1) is 17.9. The van der Waals surface area contributed by atoms with Gasteiger partial charge < -0.3 is 10.3 Å². The number of rotatable bonds is 7. The van der Waals surface area contributed by atoms with Crippen molar-refractivity contribution in [1.29, 1.82) is 0 Å². The fraction of sp³-hybridized carbons (Fsp3) is 0.312. The average molecular weight is 349 g/mol. The maximum Gasteiger partial charge on any atom is 0.251 e. The highest BCUT2D eigenvalue weighted by atomic mass is 32.2. The molecule has 1 aromatic carbocycles. The summed E-state index contributed by atoms with van der Waals surface area (Å²) in [7, 11) is -3.46. The SMILES string of the molecule is Cc1cc(=O)[nH]c(CCNC(=O)CCS(=O)(=O)c2ccccc2)n1. The van der Waals surface area contributed by atoms with Crippen LogP contribution in [0.2, 0.25) is 0 Å². The van der Waals surface area contributed by atoms with Crippen LogP contribution in [0.25, 0.3) is 0 Å². The predicted molar refractivity (Wildman–Crippen MR) is 89.4 cm³/mol. The quantitative estimate of drug-likeness (QED) is 0.761. The van der Waals surface area contributed by atoms with Gasteiger partial charge in [0.25, 0.3) is 5.56 Å². The lowest BCUT2D eigenvalue weighted by molar-refractivity contribution is -0.120. The summed E-state index contributed by atoms with van der Waals surface area (Å²) in [6.07, 6.45) is 0.253. The summed E-state index contributed by atoms with van der Waals surface area (Å²) in [5, 5.41) is 2.63. The van der Waals surface area contributed by atoms with Crippen molar-refractivity contribution in [3.8, 4) is 0 Å². The summed E-state index contributed by atoms with van der Waals surface area (Å²) < 4.78 is 24.2. The smallest absolute Gasteiger partial charge is 0.251 e. The minimum Gasteiger partial charge on any atom is -0.356 e. The number of sulfone groups is 1. The highest BCUT2D eigenvalue weighted by Gasteiger charge is 2.15. The molecule has 0 aliphatic rings. The normalized spacial score (nSPS) is 11.2. The summed E-state index contributed by atoms with van der Waals surface area (Å²) in [4.78, 5) is 30.0. The Morgan fingerprint density at radius 2 is 1.96 bits per heavy atom. The van der Waals surface area contributed by atoms with Crippen molar-refractivity contribution in [2.45, 2.75) is 24.7 Å². The number of benzene rings is 1. The maximum absolute atomic E-state index is 12.1. The second-order valence-corrected chi connectivity index (χ2v) is 7.42. The molecule has 0 bridgehead atoms. The van der Waals surface area contributed by atoms with Crippen LogP contribution >= 0.6 is 0 Å².